The van der Waals surface area contributed by atoms with Crippen molar-refractivity contribution in [3.63, 3.8) is 0 Å². The van der Waals surface area contributed by atoms with Gasteiger partial charge in [-0.1, -0.05) is 0 Å². The number of hydrogen-bond donors (Lipinski definition) is 1. The molecule has 0 spiro atoms. The van der Waals surface area contributed by atoms with Gasteiger partial charge in [0.05, 0.1) is 5.69 Å². The predicted molar refractivity (Wildman–Crippen MR) is 70.7 cm³/mol. The van der Waals surface area contributed by atoms with E-state index in [1.807, 2.05) is 0 Å². The molecule has 0 saturated heterocycles. The van der Waals surface area contributed by atoms with Crippen LogP contribution in [-0.4, -0.2) is 23.0 Å². The molecule has 0 amide bonds. The van der Waals surface area contributed by atoms with Crippen molar-refractivity contribution in [1.29, 1.82) is 0 Å². The van der Waals surface area contributed by atoms with Gasteiger partial charge in [-0.05, 0) is 37.5 Å². The van der Waals surface area contributed by atoms with Crippen molar-refractivity contribution in [2.45, 2.75) is 38.8 Å². The molecule has 17 heavy (non-hydrogen) atoms. The van der Waals surface area contributed by atoms with Crippen LogP contribution in [0.4, 0.5) is 0 Å². The second kappa shape index (κ2) is 5.04. The van der Waals surface area contributed by atoms with E-state index in [1.54, 1.807) is 11.3 Å². The van der Waals surface area contributed by atoms with E-state index in [9.17, 15) is 0 Å². The van der Waals surface area contributed by atoms with Crippen molar-refractivity contribution >= 4 is 11.3 Å². The second-order valence-electron chi connectivity index (χ2n) is 5.52. The number of hydrogen-bond acceptors (Lipinski definition) is 4. The number of nitrogens with zero attached hydrogens (tertiary/aromatic N) is 2. The fourth-order valence-corrected chi connectivity index (χ4v) is 2.94. The van der Waals surface area contributed by atoms with Gasteiger partial charge >= 0.3 is 0 Å². The minimum absolute atomic E-state index is 0.579. The molecule has 0 atom stereocenters. The fraction of sp³-hybridized carbons (Fsp3) is 0.769. The minimum atomic E-state index is 0.579. The van der Waals surface area contributed by atoms with E-state index in [2.05, 4.69) is 15.3 Å². The van der Waals surface area contributed by atoms with Crippen LogP contribution < -0.4 is 5.73 Å². The standard InChI is InChI=1S/C13H21N3S/c14-5-13-15-12(9-17-13)8-16(6-10-1-2-10)7-11-3-4-11/h9-11H,1-8,14H2. The Balaban J connectivity index is 1.56. The van der Waals surface area contributed by atoms with Gasteiger partial charge in [0, 0.05) is 31.6 Å². The van der Waals surface area contributed by atoms with Gasteiger partial charge in [-0.25, -0.2) is 4.98 Å². The first-order valence-corrected chi connectivity index (χ1v) is 7.57. The molecular formula is C13H21N3S. The summed E-state index contributed by atoms with van der Waals surface area (Å²) in [6.07, 6.45) is 5.75. The largest absolute Gasteiger partial charge is 0.325 e. The zero-order valence-electron chi connectivity index (χ0n) is 10.3. The number of rotatable bonds is 7. The van der Waals surface area contributed by atoms with Crippen LogP contribution in [0, 0.1) is 11.8 Å². The summed E-state index contributed by atoms with van der Waals surface area (Å²) >= 11 is 1.70. The molecule has 4 heteroatoms. The second-order valence-corrected chi connectivity index (χ2v) is 6.46. The van der Waals surface area contributed by atoms with Crippen LogP contribution in [0.25, 0.3) is 0 Å². The van der Waals surface area contributed by atoms with E-state index in [0.29, 0.717) is 6.54 Å². The Bertz CT molecular complexity index is 354. The molecule has 1 aromatic heterocycles. The maximum Gasteiger partial charge on any atom is 0.106 e. The third-order valence-corrected chi connectivity index (χ3v) is 4.51. The van der Waals surface area contributed by atoms with Gasteiger partial charge < -0.3 is 5.73 Å². The van der Waals surface area contributed by atoms with Crippen LogP contribution in [0.5, 0.6) is 0 Å². The van der Waals surface area contributed by atoms with Crippen molar-refractivity contribution in [1.82, 2.24) is 9.88 Å². The Hall–Kier alpha value is -0.450. The number of nitrogens with two attached hydrogens (primary N) is 1. The highest BCUT2D eigenvalue weighted by atomic mass is 32.1. The van der Waals surface area contributed by atoms with Crippen molar-refractivity contribution in [2.75, 3.05) is 13.1 Å². The maximum absolute atomic E-state index is 5.61. The summed E-state index contributed by atoms with van der Waals surface area (Å²) in [5.41, 5.74) is 6.83. The summed E-state index contributed by atoms with van der Waals surface area (Å²) < 4.78 is 0. The smallest absolute Gasteiger partial charge is 0.106 e. The molecule has 94 valence electrons. The minimum Gasteiger partial charge on any atom is -0.325 e. The molecule has 0 unspecified atom stereocenters. The van der Waals surface area contributed by atoms with Crippen LogP contribution in [-0.2, 0) is 13.1 Å². The van der Waals surface area contributed by atoms with Gasteiger partial charge in [0.1, 0.15) is 5.01 Å². The van der Waals surface area contributed by atoms with Crippen LogP contribution in [0.3, 0.4) is 0 Å². The molecule has 2 fully saturated rings. The lowest BCUT2D eigenvalue weighted by Crippen LogP contribution is -2.28. The van der Waals surface area contributed by atoms with Gasteiger partial charge in [-0.3, -0.25) is 4.90 Å². The summed E-state index contributed by atoms with van der Waals surface area (Å²) in [5.74, 6) is 1.95. The molecule has 1 aromatic rings. The first kappa shape index (κ1) is 11.6. The van der Waals surface area contributed by atoms with Crippen molar-refractivity contribution in [2.24, 2.45) is 17.6 Å². The predicted octanol–water partition coefficient (Wildman–Crippen LogP) is 2.22. The zero-order chi connectivity index (χ0) is 11.7. The highest BCUT2D eigenvalue weighted by Crippen LogP contribution is 2.34. The topological polar surface area (TPSA) is 42.1 Å². The first-order chi connectivity index (χ1) is 8.33. The van der Waals surface area contributed by atoms with E-state index in [-0.39, 0.29) is 0 Å². The molecule has 0 bridgehead atoms. The molecule has 3 rings (SSSR count). The van der Waals surface area contributed by atoms with E-state index in [1.165, 1.54) is 44.5 Å². The lowest BCUT2D eigenvalue weighted by atomic mass is 10.3. The Morgan fingerprint density at radius 1 is 1.24 bits per heavy atom. The molecule has 3 nitrogen and oxygen atoms in total. The lowest BCUT2D eigenvalue weighted by Gasteiger charge is -2.20. The molecule has 0 aliphatic heterocycles. The Morgan fingerprint density at radius 2 is 1.88 bits per heavy atom. The molecule has 2 aliphatic carbocycles. The van der Waals surface area contributed by atoms with E-state index in [0.717, 1.165) is 23.4 Å². The van der Waals surface area contributed by atoms with Crippen LogP contribution in [0.15, 0.2) is 5.38 Å². The Morgan fingerprint density at radius 3 is 2.35 bits per heavy atom. The molecular weight excluding hydrogens is 230 g/mol. The lowest BCUT2D eigenvalue weighted by molar-refractivity contribution is 0.242. The highest BCUT2D eigenvalue weighted by Gasteiger charge is 2.29. The van der Waals surface area contributed by atoms with Gasteiger partial charge in [0.15, 0.2) is 0 Å². The molecule has 2 N–H and O–H groups in total. The van der Waals surface area contributed by atoms with Crippen molar-refractivity contribution in [3.8, 4) is 0 Å². The third kappa shape index (κ3) is 3.50. The fourth-order valence-electron chi connectivity index (χ4n) is 2.28. The van der Waals surface area contributed by atoms with Crippen molar-refractivity contribution in [3.05, 3.63) is 16.1 Å². The zero-order valence-corrected chi connectivity index (χ0v) is 11.1. The molecule has 1 heterocycles. The van der Waals surface area contributed by atoms with E-state index < -0.39 is 0 Å². The van der Waals surface area contributed by atoms with Crippen molar-refractivity contribution < 1.29 is 0 Å². The Kier molecular flexibility index (Phi) is 3.45. The van der Waals surface area contributed by atoms with Crippen LogP contribution >= 0.6 is 11.3 Å². The van der Waals surface area contributed by atoms with Gasteiger partial charge in [-0.2, -0.15) is 0 Å². The van der Waals surface area contributed by atoms with Crippen LogP contribution in [0.1, 0.15) is 36.4 Å². The highest BCUT2D eigenvalue weighted by molar-refractivity contribution is 7.09. The summed E-state index contributed by atoms with van der Waals surface area (Å²) in [7, 11) is 0. The molecule has 0 aromatic carbocycles. The quantitative estimate of drug-likeness (QED) is 0.808. The first-order valence-electron chi connectivity index (χ1n) is 6.69. The monoisotopic (exact) mass is 251 g/mol. The normalized spacial score (nSPS) is 20.1. The maximum atomic E-state index is 5.61. The molecule has 0 radical (unpaired) electrons. The summed E-state index contributed by atoms with van der Waals surface area (Å²) in [6, 6.07) is 0. The van der Waals surface area contributed by atoms with Gasteiger partial charge in [0.25, 0.3) is 0 Å². The SMILES string of the molecule is NCc1nc(CN(CC2CC2)CC2CC2)cs1. The average Bonchev–Trinajstić information content (AvgIpc) is 3.22. The number of aromatic nitrogens is 1. The third-order valence-electron chi connectivity index (χ3n) is 3.59. The summed E-state index contributed by atoms with van der Waals surface area (Å²) in [5, 5.41) is 3.24. The molecule has 2 saturated carbocycles. The average molecular weight is 251 g/mol. The van der Waals surface area contributed by atoms with Crippen LogP contribution in [0.2, 0.25) is 0 Å². The molecule has 2 aliphatic rings. The van der Waals surface area contributed by atoms with E-state index >= 15 is 0 Å². The Labute approximate surface area is 107 Å². The number of thiazole rings is 1. The summed E-state index contributed by atoms with van der Waals surface area (Å²) in [4.78, 5) is 7.19. The van der Waals surface area contributed by atoms with E-state index in [4.69, 9.17) is 5.73 Å². The summed E-state index contributed by atoms with van der Waals surface area (Å²) in [6.45, 7) is 4.18. The van der Waals surface area contributed by atoms with Gasteiger partial charge in [0.2, 0.25) is 0 Å². The van der Waals surface area contributed by atoms with Gasteiger partial charge in [-0.15, -0.1) is 11.3 Å².